The molecule has 4 heteroatoms. The summed E-state index contributed by atoms with van der Waals surface area (Å²) in [7, 11) is 0. The van der Waals surface area contributed by atoms with E-state index in [-0.39, 0.29) is 17.4 Å². The number of rotatable bonds is 5. The average Bonchev–Trinajstić information content (AvgIpc) is 2.29. The second-order valence-electron chi connectivity index (χ2n) is 6.09. The number of hydrogen-bond acceptors (Lipinski definition) is 3. The summed E-state index contributed by atoms with van der Waals surface area (Å²) in [6.45, 7) is 13.6. The van der Waals surface area contributed by atoms with Gasteiger partial charge in [0, 0.05) is 36.4 Å². The van der Waals surface area contributed by atoms with E-state index in [9.17, 15) is 4.39 Å². The molecule has 0 aliphatic heterocycles. The molecule has 0 fully saturated rings. The summed E-state index contributed by atoms with van der Waals surface area (Å²) in [5.74, 6) is 0.237. The van der Waals surface area contributed by atoms with Crippen molar-refractivity contribution in [3.05, 3.63) is 23.6 Å². The highest BCUT2D eigenvalue weighted by atomic mass is 19.1. The molecule has 0 bridgehead atoms. The highest BCUT2D eigenvalue weighted by Crippen LogP contribution is 2.21. The van der Waals surface area contributed by atoms with Crippen molar-refractivity contribution in [3.8, 4) is 0 Å². The Labute approximate surface area is 116 Å². The largest absolute Gasteiger partial charge is 0.352 e. The lowest BCUT2D eigenvalue weighted by atomic mass is 10.1. The highest BCUT2D eigenvalue weighted by Gasteiger charge is 2.18. The Balaban J connectivity index is 2.98. The Morgan fingerprint density at radius 3 is 2.47 bits per heavy atom. The highest BCUT2D eigenvalue weighted by molar-refractivity contribution is 5.43. The van der Waals surface area contributed by atoms with Gasteiger partial charge in [0.1, 0.15) is 0 Å². The van der Waals surface area contributed by atoms with Crippen LogP contribution in [0.3, 0.4) is 0 Å². The molecule has 0 aliphatic carbocycles. The minimum Gasteiger partial charge on any atom is -0.352 e. The van der Waals surface area contributed by atoms with Gasteiger partial charge in [0.2, 0.25) is 0 Å². The molecule has 108 valence electrons. The number of hydrogen-bond donors (Lipinski definition) is 1. The van der Waals surface area contributed by atoms with Crippen LogP contribution in [0.1, 0.15) is 47.1 Å². The van der Waals surface area contributed by atoms with Crippen LogP contribution in [-0.2, 0) is 6.54 Å². The summed E-state index contributed by atoms with van der Waals surface area (Å²) in [5, 5.41) is 3.31. The van der Waals surface area contributed by atoms with E-state index in [1.807, 2.05) is 25.7 Å². The average molecular weight is 267 g/mol. The van der Waals surface area contributed by atoms with Crippen LogP contribution in [-0.4, -0.2) is 23.1 Å². The van der Waals surface area contributed by atoms with E-state index < -0.39 is 0 Å². The molecule has 1 aromatic rings. The Morgan fingerprint density at radius 2 is 2.00 bits per heavy atom. The van der Waals surface area contributed by atoms with Gasteiger partial charge < -0.3 is 10.2 Å². The van der Waals surface area contributed by atoms with E-state index in [1.54, 1.807) is 12.3 Å². The number of halogens is 1. The Bertz CT molecular complexity index is 410. The fraction of sp³-hybridized carbons (Fsp3) is 0.667. The fourth-order valence-corrected chi connectivity index (χ4v) is 1.93. The molecule has 0 unspecified atom stereocenters. The van der Waals surface area contributed by atoms with E-state index in [0.717, 1.165) is 6.54 Å². The molecule has 0 aliphatic rings. The molecule has 3 nitrogen and oxygen atoms in total. The zero-order chi connectivity index (χ0) is 14.6. The van der Waals surface area contributed by atoms with Crippen LogP contribution in [0.15, 0.2) is 12.3 Å². The molecular formula is C15H26FN3. The van der Waals surface area contributed by atoms with E-state index in [1.165, 1.54) is 0 Å². The molecule has 1 N–H and O–H groups in total. The predicted octanol–water partition coefficient (Wildman–Crippen LogP) is 3.34. The normalized spacial score (nSPS) is 12.0. The maximum absolute atomic E-state index is 14.5. The summed E-state index contributed by atoms with van der Waals surface area (Å²) >= 11 is 0. The maximum atomic E-state index is 14.5. The lowest BCUT2D eigenvalue weighted by Crippen LogP contribution is -2.36. The van der Waals surface area contributed by atoms with Gasteiger partial charge in [-0.25, -0.2) is 9.37 Å². The number of aromatic nitrogens is 1. The van der Waals surface area contributed by atoms with Crippen LogP contribution < -0.4 is 10.2 Å². The first-order valence-electron chi connectivity index (χ1n) is 6.91. The van der Waals surface area contributed by atoms with Gasteiger partial charge in [-0.05, 0) is 47.6 Å². The van der Waals surface area contributed by atoms with Gasteiger partial charge in [-0.3, -0.25) is 0 Å². The molecule has 1 heterocycles. The van der Waals surface area contributed by atoms with Crippen LogP contribution in [0.25, 0.3) is 0 Å². The van der Waals surface area contributed by atoms with Crippen molar-refractivity contribution in [2.45, 2.75) is 59.7 Å². The first-order chi connectivity index (χ1) is 8.76. The standard InChI is InChI=1S/C15H26FN3/c1-7-19(11(2)3)14-13(16)12(8-9-17-14)10-18-15(4,5)6/h8-9,11,18H,7,10H2,1-6H3. The van der Waals surface area contributed by atoms with Crippen LogP contribution in [0, 0.1) is 5.82 Å². The van der Waals surface area contributed by atoms with E-state index >= 15 is 0 Å². The number of anilines is 1. The molecular weight excluding hydrogens is 241 g/mol. The van der Waals surface area contributed by atoms with E-state index in [2.05, 4.69) is 31.1 Å². The Hall–Kier alpha value is -1.16. The maximum Gasteiger partial charge on any atom is 0.170 e. The van der Waals surface area contributed by atoms with Crippen molar-refractivity contribution in [2.24, 2.45) is 0 Å². The van der Waals surface area contributed by atoms with Crippen molar-refractivity contribution < 1.29 is 4.39 Å². The zero-order valence-corrected chi connectivity index (χ0v) is 12.9. The topological polar surface area (TPSA) is 28.2 Å². The molecule has 0 amide bonds. The third-order valence-electron chi connectivity index (χ3n) is 3.00. The van der Waals surface area contributed by atoms with E-state index in [4.69, 9.17) is 0 Å². The Kier molecular flexibility index (Phi) is 5.29. The van der Waals surface area contributed by atoms with Crippen LogP contribution in [0.5, 0.6) is 0 Å². The van der Waals surface area contributed by atoms with Gasteiger partial charge in [-0.15, -0.1) is 0 Å². The minimum absolute atomic E-state index is 0.0294. The van der Waals surface area contributed by atoms with Crippen molar-refractivity contribution >= 4 is 5.82 Å². The van der Waals surface area contributed by atoms with Gasteiger partial charge in [0.25, 0.3) is 0 Å². The molecule has 0 spiro atoms. The molecule has 0 atom stereocenters. The SMILES string of the molecule is CCN(c1nccc(CNC(C)(C)C)c1F)C(C)C. The van der Waals surface area contributed by atoms with Crippen molar-refractivity contribution in [1.29, 1.82) is 0 Å². The van der Waals surface area contributed by atoms with Crippen LogP contribution in [0.2, 0.25) is 0 Å². The smallest absolute Gasteiger partial charge is 0.170 e. The predicted molar refractivity (Wildman–Crippen MR) is 78.9 cm³/mol. The second kappa shape index (κ2) is 6.33. The van der Waals surface area contributed by atoms with Crippen LogP contribution in [0.4, 0.5) is 10.2 Å². The summed E-state index contributed by atoms with van der Waals surface area (Å²) in [6.07, 6.45) is 1.68. The first-order valence-corrected chi connectivity index (χ1v) is 6.91. The molecule has 1 rings (SSSR count). The van der Waals surface area contributed by atoms with Crippen molar-refractivity contribution in [1.82, 2.24) is 10.3 Å². The molecule has 0 radical (unpaired) electrons. The van der Waals surface area contributed by atoms with Gasteiger partial charge in [-0.1, -0.05) is 0 Å². The lowest BCUT2D eigenvalue weighted by molar-refractivity contribution is 0.418. The molecule has 19 heavy (non-hydrogen) atoms. The Morgan fingerprint density at radius 1 is 1.37 bits per heavy atom. The summed E-state index contributed by atoms with van der Waals surface area (Å²) in [4.78, 5) is 6.17. The van der Waals surface area contributed by atoms with Crippen molar-refractivity contribution in [3.63, 3.8) is 0 Å². The van der Waals surface area contributed by atoms with Gasteiger partial charge in [0.05, 0.1) is 0 Å². The molecule has 1 aromatic heterocycles. The van der Waals surface area contributed by atoms with Crippen molar-refractivity contribution in [2.75, 3.05) is 11.4 Å². The first kappa shape index (κ1) is 15.9. The van der Waals surface area contributed by atoms with Gasteiger partial charge in [0.15, 0.2) is 11.6 Å². The summed E-state index contributed by atoms with van der Waals surface area (Å²) in [6, 6.07) is 1.98. The molecule has 0 saturated heterocycles. The monoisotopic (exact) mass is 267 g/mol. The molecule has 0 aromatic carbocycles. The third-order valence-corrected chi connectivity index (χ3v) is 3.00. The lowest BCUT2D eigenvalue weighted by Gasteiger charge is -2.27. The number of nitrogens with zero attached hydrogens (tertiary/aromatic N) is 2. The third kappa shape index (κ3) is 4.46. The fourth-order valence-electron chi connectivity index (χ4n) is 1.93. The summed E-state index contributed by atoms with van der Waals surface area (Å²) in [5.41, 5.74) is 0.636. The zero-order valence-electron chi connectivity index (χ0n) is 12.9. The second-order valence-corrected chi connectivity index (χ2v) is 6.09. The van der Waals surface area contributed by atoms with E-state index in [0.29, 0.717) is 17.9 Å². The van der Waals surface area contributed by atoms with Crippen LogP contribution >= 0.6 is 0 Å². The van der Waals surface area contributed by atoms with Gasteiger partial charge >= 0.3 is 0 Å². The number of pyridine rings is 1. The molecule has 0 saturated carbocycles. The minimum atomic E-state index is -0.213. The quantitative estimate of drug-likeness (QED) is 0.887. The number of nitrogens with one attached hydrogen (secondary N) is 1. The van der Waals surface area contributed by atoms with Gasteiger partial charge in [-0.2, -0.15) is 0 Å². The summed E-state index contributed by atoms with van der Waals surface area (Å²) < 4.78 is 14.5.